The molecule has 9 heteroatoms. The lowest BCUT2D eigenvalue weighted by molar-refractivity contribution is -0.118. The SMILES string of the molecule is CN(CC(=O)N=c1sccn1Cc1ccc(Cl)cc1Cl)C(=O)c1ccco1. The first-order valence-corrected chi connectivity index (χ1v) is 9.52. The average molecular weight is 424 g/mol. The number of aromatic nitrogens is 1. The molecule has 140 valence electrons. The van der Waals surface area contributed by atoms with Gasteiger partial charge in [0.2, 0.25) is 0 Å². The van der Waals surface area contributed by atoms with E-state index in [1.807, 2.05) is 22.2 Å². The summed E-state index contributed by atoms with van der Waals surface area (Å²) in [5.41, 5.74) is 0.860. The second kappa shape index (κ2) is 8.56. The number of likely N-dealkylation sites (N-methyl/N-ethyl adjacent to an activating group) is 1. The second-order valence-electron chi connectivity index (χ2n) is 5.69. The van der Waals surface area contributed by atoms with Crippen molar-refractivity contribution >= 4 is 46.4 Å². The number of nitrogens with zero attached hydrogens (tertiary/aromatic N) is 3. The van der Waals surface area contributed by atoms with Crippen molar-refractivity contribution in [3.05, 3.63) is 74.3 Å². The maximum absolute atomic E-state index is 12.3. The number of amides is 2. The Morgan fingerprint density at radius 1 is 1.30 bits per heavy atom. The number of rotatable bonds is 5. The zero-order chi connectivity index (χ0) is 19.4. The fourth-order valence-electron chi connectivity index (χ4n) is 2.35. The Labute approximate surface area is 169 Å². The number of thiazole rings is 1. The molecule has 0 aliphatic carbocycles. The van der Waals surface area contributed by atoms with E-state index in [-0.39, 0.29) is 18.2 Å². The fraction of sp³-hybridized carbons (Fsp3) is 0.167. The maximum Gasteiger partial charge on any atom is 0.289 e. The van der Waals surface area contributed by atoms with Crippen LogP contribution in [0.1, 0.15) is 16.1 Å². The molecular weight excluding hydrogens is 409 g/mol. The van der Waals surface area contributed by atoms with Crippen LogP contribution in [0.2, 0.25) is 10.0 Å². The van der Waals surface area contributed by atoms with Crippen molar-refractivity contribution in [3.63, 3.8) is 0 Å². The van der Waals surface area contributed by atoms with Gasteiger partial charge in [0, 0.05) is 28.7 Å². The normalized spacial score (nSPS) is 11.6. The standard InChI is InChI=1S/C18H15Cl2N3O3S/c1-22(17(25)15-3-2-7-26-15)11-16(24)21-18-23(6-8-27-18)10-12-4-5-13(19)9-14(12)20/h2-9H,10-11H2,1H3. The van der Waals surface area contributed by atoms with Gasteiger partial charge in [-0.25, -0.2) is 0 Å². The molecular formula is C18H15Cl2N3O3S. The van der Waals surface area contributed by atoms with E-state index in [2.05, 4.69) is 4.99 Å². The van der Waals surface area contributed by atoms with Gasteiger partial charge >= 0.3 is 0 Å². The molecule has 27 heavy (non-hydrogen) atoms. The highest BCUT2D eigenvalue weighted by atomic mass is 35.5. The van der Waals surface area contributed by atoms with Crippen LogP contribution in [0, 0.1) is 0 Å². The van der Waals surface area contributed by atoms with Crippen LogP contribution in [0.4, 0.5) is 0 Å². The Morgan fingerprint density at radius 2 is 2.11 bits per heavy atom. The van der Waals surface area contributed by atoms with E-state index in [1.165, 1.54) is 29.5 Å². The van der Waals surface area contributed by atoms with E-state index < -0.39 is 5.91 Å². The maximum atomic E-state index is 12.3. The van der Waals surface area contributed by atoms with Gasteiger partial charge in [0.25, 0.3) is 11.8 Å². The highest BCUT2D eigenvalue weighted by Gasteiger charge is 2.17. The molecule has 0 aliphatic heterocycles. The Kier molecular flexibility index (Phi) is 6.15. The lowest BCUT2D eigenvalue weighted by Gasteiger charge is -2.12. The number of halogens is 2. The highest BCUT2D eigenvalue weighted by molar-refractivity contribution is 7.07. The van der Waals surface area contributed by atoms with Gasteiger partial charge in [-0.15, -0.1) is 11.3 Å². The zero-order valence-corrected chi connectivity index (χ0v) is 16.6. The van der Waals surface area contributed by atoms with Gasteiger partial charge in [-0.1, -0.05) is 29.3 Å². The van der Waals surface area contributed by atoms with Crippen LogP contribution in [-0.2, 0) is 11.3 Å². The van der Waals surface area contributed by atoms with E-state index in [4.69, 9.17) is 27.6 Å². The fourth-order valence-corrected chi connectivity index (χ4v) is 3.56. The number of furan rings is 1. The first-order valence-electron chi connectivity index (χ1n) is 7.88. The number of carbonyl (C=O) groups is 2. The zero-order valence-electron chi connectivity index (χ0n) is 14.3. The Morgan fingerprint density at radius 3 is 2.81 bits per heavy atom. The van der Waals surface area contributed by atoms with E-state index in [1.54, 1.807) is 24.3 Å². The molecule has 3 rings (SSSR count). The van der Waals surface area contributed by atoms with Crippen molar-refractivity contribution in [2.45, 2.75) is 6.54 Å². The largest absolute Gasteiger partial charge is 0.459 e. The van der Waals surface area contributed by atoms with Crippen molar-refractivity contribution in [1.82, 2.24) is 9.47 Å². The molecule has 1 aromatic carbocycles. The topological polar surface area (TPSA) is 67.8 Å². The third-order valence-corrected chi connectivity index (χ3v) is 5.07. The van der Waals surface area contributed by atoms with Crippen LogP contribution in [0.3, 0.4) is 0 Å². The summed E-state index contributed by atoms with van der Waals surface area (Å²) < 4.78 is 6.86. The van der Waals surface area contributed by atoms with Gasteiger partial charge < -0.3 is 13.9 Å². The predicted octanol–water partition coefficient (Wildman–Crippen LogP) is 3.70. The quantitative estimate of drug-likeness (QED) is 0.628. The van der Waals surface area contributed by atoms with Gasteiger partial charge in [-0.3, -0.25) is 9.59 Å². The molecule has 0 atom stereocenters. The summed E-state index contributed by atoms with van der Waals surface area (Å²) >= 11 is 13.5. The third kappa shape index (κ3) is 4.88. The smallest absolute Gasteiger partial charge is 0.289 e. The molecule has 0 saturated heterocycles. The Hall–Kier alpha value is -2.35. The molecule has 2 amide bonds. The molecule has 3 aromatic rings. The lowest BCUT2D eigenvalue weighted by Crippen LogP contribution is -2.32. The molecule has 0 unspecified atom stereocenters. The summed E-state index contributed by atoms with van der Waals surface area (Å²) in [5, 5.41) is 2.93. The number of carbonyl (C=O) groups excluding carboxylic acids is 2. The first-order chi connectivity index (χ1) is 12.9. The van der Waals surface area contributed by atoms with Crippen LogP contribution in [0.15, 0.2) is 57.6 Å². The minimum atomic E-state index is -0.434. The summed E-state index contributed by atoms with van der Waals surface area (Å²) in [6.07, 6.45) is 3.23. The van der Waals surface area contributed by atoms with Gasteiger partial charge in [-0.2, -0.15) is 4.99 Å². The molecule has 2 aromatic heterocycles. The molecule has 0 spiro atoms. The molecule has 0 bridgehead atoms. The molecule has 0 aliphatic rings. The monoisotopic (exact) mass is 423 g/mol. The lowest BCUT2D eigenvalue weighted by atomic mass is 10.2. The predicted molar refractivity (Wildman–Crippen MR) is 104 cm³/mol. The van der Waals surface area contributed by atoms with Crippen molar-refractivity contribution in [3.8, 4) is 0 Å². The van der Waals surface area contributed by atoms with Crippen molar-refractivity contribution < 1.29 is 14.0 Å². The molecule has 6 nitrogen and oxygen atoms in total. The number of hydrogen-bond donors (Lipinski definition) is 0. The van der Waals surface area contributed by atoms with E-state index >= 15 is 0 Å². The molecule has 0 saturated carbocycles. The van der Waals surface area contributed by atoms with Crippen molar-refractivity contribution in [2.24, 2.45) is 4.99 Å². The molecule has 2 heterocycles. The van der Waals surface area contributed by atoms with E-state index in [9.17, 15) is 9.59 Å². The van der Waals surface area contributed by atoms with Crippen molar-refractivity contribution in [1.29, 1.82) is 0 Å². The third-order valence-electron chi connectivity index (χ3n) is 3.69. The van der Waals surface area contributed by atoms with Gasteiger partial charge in [-0.05, 0) is 29.8 Å². The molecule has 0 radical (unpaired) electrons. The molecule has 0 fully saturated rings. The highest BCUT2D eigenvalue weighted by Crippen LogP contribution is 2.21. The molecule has 0 N–H and O–H groups in total. The number of hydrogen-bond acceptors (Lipinski definition) is 4. The average Bonchev–Trinajstić information content (AvgIpc) is 3.29. The second-order valence-corrected chi connectivity index (χ2v) is 7.41. The van der Waals surface area contributed by atoms with Gasteiger partial charge in [0.15, 0.2) is 10.6 Å². The first kappa shape index (κ1) is 19.4. The van der Waals surface area contributed by atoms with E-state index in [0.717, 1.165) is 5.56 Å². The van der Waals surface area contributed by atoms with Crippen LogP contribution in [0.25, 0.3) is 0 Å². The van der Waals surface area contributed by atoms with Crippen molar-refractivity contribution in [2.75, 3.05) is 13.6 Å². The Bertz CT molecular complexity index is 1020. The van der Waals surface area contributed by atoms with E-state index in [0.29, 0.717) is 21.4 Å². The summed E-state index contributed by atoms with van der Waals surface area (Å²) in [5.74, 6) is -0.639. The minimum Gasteiger partial charge on any atom is -0.459 e. The number of benzene rings is 1. The summed E-state index contributed by atoms with van der Waals surface area (Å²) in [6, 6.07) is 8.42. The summed E-state index contributed by atoms with van der Waals surface area (Å²) in [4.78, 5) is 30.3. The van der Waals surface area contributed by atoms with Crippen LogP contribution >= 0.6 is 34.5 Å². The summed E-state index contributed by atoms with van der Waals surface area (Å²) in [6.45, 7) is 0.298. The van der Waals surface area contributed by atoms with Crippen LogP contribution in [-0.4, -0.2) is 34.9 Å². The van der Waals surface area contributed by atoms with Crippen LogP contribution < -0.4 is 4.80 Å². The van der Waals surface area contributed by atoms with Gasteiger partial charge in [0.05, 0.1) is 12.8 Å². The van der Waals surface area contributed by atoms with Crippen LogP contribution in [0.5, 0.6) is 0 Å². The minimum absolute atomic E-state index is 0.154. The Balaban J connectivity index is 1.73. The van der Waals surface area contributed by atoms with Gasteiger partial charge in [0.1, 0.15) is 6.54 Å². The summed E-state index contributed by atoms with van der Waals surface area (Å²) in [7, 11) is 1.52.